The Labute approximate surface area is 118 Å². The molecule has 0 aliphatic rings. The normalized spacial score (nSPS) is 12.4. The second kappa shape index (κ2) is 5.88. The monoisotopic (exact) mass is 301 g/mol. The summed E-state index contributed by atoms with van der Waals surface area (Å²) < 4.78 is 40.4. The maximum Gasteiger partial charge on any atom is 0.241 e. The van der Waals surface area contributed by atoms with E-state index in [9.17, 15) is 12.8 Å². The molecule has 1 aromatic rings. The third kappa shape index (κ3) is 3.16. The first-order valence-electron chi connectivity index (χ1n) is 6.33. The van der Waals surface area contributed by atoms with Crippen molar-refractivity contribution in [1.82, 2.24) is 4.72 Å². The van der Waals surface area contributed by atoms with Crippen LogP contribution in [0.5, 0.6) is 0 Å². The molecule has 0 aliphatic heterocycles. The van der Waals surface area contributed by atoms with Crippen molar-refractivity contribution in [1.29, 1.82) is 5.41 Å². The molecule has 112 valence electrons. The number of benzene rings is 1. The lowest BCUT2D eigenvalue weighted by Gasteiger charge is -2.31. The zero-order valence-electron chi connectivity index (χ0n) is 11.8. The Morgan fingerprint density at radius 1 is 1.40 bits per heavy atom. The van der Waals surface area contributed by atoms with Crippen LogP contribution in [-0.2, 0) is 10.0 Å². The average Bonchev–Trinajstić information content (AvgIpc) is 2.35. The van der Waals surface area contributed by atoms with Crippen LogP contribution < -0.4 is 10.5 Å². The van der Waals surface area contributed by atoms with Crippen molar-refractivity contribution in [3.05, 3.63) is 29.6 Å². The predicted octanol–water partition coefficient (Wildman–Crippen LogP) is 1.91. The van der Waals surface area contributed by atoms with Gasteiger partial charge in [0.05, 0.1) is 10.4 Å². The van der Waals surface area contributed by atoms with Gasteiger partial charge in [-0.05, 0) is 43.5 Å². The number of halogens is 1. The van der Waals surface area contributed by atoms with E-state index in [1.807, 2.05) is 0 Å². The van der Waals surface area contributed by atoms with E-state index in [1.165, 1.54) is 13.0 Å². The molecule has 1 aromatic carbocycles. The summed E-state index contributed by atoms with van der Waals surface area (Å²) in [5, 5.41) is 7.62. The lowest BCUT2D eigenvalue weighted by atomic mass is 9.93. The average molecular weight is 301 g/mol. The van der Waals surface area contributed by atoms with Gasteiger partial charge in [-0.25, -0.2) is 12.8 Å². The SMILES string of the molecule is CCC(CC)(NS(=O)(=O)c1ccc(F)cc1C)C(=N)N. The number of hydrogen-bond acceptors (Lipinski definition) is 3. The zero-order chi connectivity index (χ0) is 15.6. The van der Waals surface area contributed by atoms with Gasteiger partial charge in [0.1, 0.15) is 11.7 Å². The Hall–Kier alpha value is -1.47. The second-order valence-corrected chi connectivity index (χ2v) is 6.37. The number of amidine groups is 1. The molecule has 0 heterocycles. The second-order valence-electron chi connectivity index (χ2n) is 4.72. The lowest BCUT2D eigenvalue weighted by molar-refractivity contribution is 0.458. The van der Waals surface area contributed by atoms with Crippen LogP contribution >= 0.6 is 0 Å². The fraction of sp³-hybridized carbons (Fsp3) is 0.462. The molecule has 0 radical (unpaired) electrons. The van der Waals surface area contributed by atoms with Gasteiger partial charge in [-0.1, -0.05) is 13.8 Å². The number of rotatable bonds is 6. The van der Waals surface area contributed by atoms with E-state index in [0.717, 1.165) is 12.1 Å². The van der Waals surface area contributed by atoms with Gasteiger partial charge < -0.3 is 5.73 Å². The van der Waals surface area contributed by atoms with Crippen LogP contribution in [0.25, 0.3) is 0 Å². The van der Waals surface area contributed by atoms with E-state index < -0.39 is 21.4 Å². The maximum atomic E-state index is 13.1. The first kappa shape index (κ1) is 16.6. The molecule has 0 aliphatic carbocycles. The van der Waals surface area contributed by atoms with Gasteiger partial charge in [-0.15, -0.1) is 0 Å². The highest BCUT2D eigenvalue weighted by Gasteiger charge is 2.35. The van der Waals surface area contributed by atoms with Crippen molar-refractivity contribution < 1.29 is 12.8 Å². The molecular weight excluding hydrogens is 281 g/mol. The van der Waals surface area contributed by atoms with Gasteiger partial charge >= 0.3 is 0 Å². The number of sulfonamides is 1. The summed E-state index contributed by atoms with van der Waals surface area (Å²) in [6, 6.07) is 3.46. The summed E-state index contributed by atoms with van der Waals surface area (Å²) in [7, 11) is -3.87. The van der Waals surface area contributed by atoms with Gasteiger partial charge in [-0.2, -0.15) is 4.72 Å². The molecule has 5 nitrogen and oxygen atoms in total. The van der Waals surface area contributed by atoms with Gasteiger partial charge in [0.25, 0.3) is 0 Å². The van der Waals surface area contributed by atoms with Crippen LogP contribution in [0.1, 0.15) is 32.3 Å². The van der Waals surface area contributed by atoms with E-state index in [2.05, 4.69) is 4.72 Å². The van der Waals surface area contributed by atoms with Crippen LogP contribution in [0.2, 0.25) is 0 Å². The van der Waals surface area contributed by atoms with Crippen LogP contribution in [-0.4, -0.2) is 19.8 Å². The molecular formula is C13H20FN3O2S. The van der Waals surface area contributed by atoms with E-state index in [0.29, 0.717) is 18.4 Å². The highest BCUT2D eigenvalue weighted by molar-refractivity contribution is 7.89. The summed E-state index contributed by atoms with van der Waals surface area (Å²) in [6.45, 7) is 5.03. The summed E-state index contributed by atoms with van der Waals surface area (Å²) in [5.74, 6) is -0.726. The molecule has 0 saturated carbocycles. The maximum absolute atomic E-state index is 13.1. The van der Waals surface area contributed by atoms with Crippen LogP contribution in [0.4, 0.5) is 4.39 Å². The molecule has 1 rings (SSSR count). The van der Waals surface area contributed by atoms with Crippen LogP contribution in [0.3, 0.4) is 0 Å². The molecule has 0 fully saturated rings. The summed E-state index contributed by atoms with van der Waals surface area (Å²) in [5.41, 5.74) is 4.73. The minimum Gasteiger partial charge on any atom is -0.386 e. The van der Waals surface area contributed by atoms with Gasteiger partial charge in [0, 0.05) is 0 Å². The smallest absolute Gasteiger partial charge is 0.241 e. The van der Waals surface area contributed by atoms with Crippen molar-refractivity contribution in [3.63, 3.8) is 0 Å². The molecule has 0 atom stereocenters. The van der Waals surface area contributed by atoms with Crippen molar-refractivity contribution in [2.45, 2.75) is 44.0 Å². The van der Waals surface area contributed by atoms with Crippen LogP contribution in [0.15, 0.2) is 23.1 Å². The summed E-state index contributed by atoms with van der Waals surface area (Å²) in [4.78, 5) is -0.00794. The van der Waals surface area contributed by atoms with Gasteiger partial charge in [-0.3, -0.25) is 5.41 Å². The molecule has 0 saturated heterocycles. The highest BCUT2D eigenvalue weighted by atomic mass is 32.2. The topological polar surface area (TPSA) is 96.0 Å². The van der Waals surface area contributed by atoms with E-state index >= 15 is 0 Å². The minimum atomic E-state index is -3.87. The Bertz CT molecular complexity index is 610. The van der Waals surface area contributed by atoms with Gasteiger partial charge in [0.15, 0.2) is 0 Å². The first-order valence-corrected chi connectivity index (χ1v) is 7.81. The first-order chi connectivity index (χ1) is 9.18. The quantitative estimate of drug-likeness (QED) is 0.553. The van der Waals surface area contributed by atoms with Crippen molar-refractivity contribution in [2.75, 3.05) is 0 Å². The number of aryl methyl sites for hydroxylation is 1. The molecule has 0 amide bonds. The van der Waals surface area contributed by atoms with Crippen LogP contribution in [0, 0.1) is 18.2 Å². The number of nitrogens with two attached hydrogens (primary N) is 1. The van der Waals surface area contributed by atoms with Crippen molar-refractivity contribution >= 4 is 15.9 Å². The third-order valence-corrected chi connectivity index (χ3v) is 5.18. The largest absolute Gasteiger partial charge is 0.386 e. The Morgan fingerprint density at radius 3 is 2.35 bits per heavy atom. The Kier molecular flexibility index (Phi) is 4.88. The molecule has 0 bridgehead atoms. The van der Waals surface area contributed by atoms with Gasteiger partial charge in [0.2, 0.25) is 10.0 Å². The standard InChI is InChI=1S/C13H20FN3O2S/c1-4-13(5-2,12(15)16)17-20(18,19)11-7-6-10(14)8-9(11)3/h6-8,17H,4-5H2,1-3H3,(H3,15,16). The van der Waals surface area contributed by atoms with E-state index in [-0.39, 0.29) is 10.7 Å². The fourth-order valence-corrected chi connectivity index (χ4v) is 3.81. The minimum absolute atomic E-state index is 0.00794. The van der Waals surface area contributed by atoms with Crippen molar-refractivity contribution in [3.8, 4) is 0 Å². The van der Waals surface area contributed by atoms with E-state index in [1.54, 1.807) is 13.8 Å². The predicted molar refractivity (Wildman–Crippen MR) is 76.7 cm³/mol. The summed E-state index contributed by atoms with van der Waals surface area (Å²) >= 11 is 0. The Morgan fingerprint density at radius 2 is 1.95 bits per heavy atom. The number of hydrogen-bond donors (Lipinski definition) is 3. The molecule has 0 unspecified atom stereocenters. The number of nitrogens with one attached hydrogen (secondary N) is 2. The molecule has 4 N–H and O–H groups in total. The third-order valence-electron chi connectivity index (χ3n) is 3.48. The van der Waals surface area contributed by atoms with E-state index in [4.69, 9.17) is 11.1 Å². The lowest BCUT2D eigenvalue weighted by Crippen LogP contribution is -2.56. The highest BCUT2D eigenvalue weighted by Crippen LogP contribution is 2.22. The molecule has 7 heteroatoms. The molecule has 0 aromatic heterocycles. The Balaban J connectivity index is 3.27. The molecule has 0 spiro atoms. The summed E-state index contributed by atoms with van der Waals surface area (Å²) in [6.07, 6.45) is 0.719. The van der Waals surface area contributed by atoms with Crippen molar-refractivity contribution in [2.24, 2.45) is 5.73 Å². The zero-order valence-corrected chi connectivity index (χ0v) is 12.6. The fourth-order valence-electron chi connectivity index (χ4n) is 2.06. The molecule has 20 heavy (non-hydrogen) atoms.